The van der Waals surface area contributed by atoms with Crippen LogP contribution in [0.1, 0.15) is 31.2 Å². The van der Waals surface area contributed by atoms with E-state index in [2.05, 4.69) is 10.3 Å². The summed E-state index contributed by atoms with van der Waals surface area (Å²) in [6.45, 7) is 0. The molecule has 1 saturated carbocycles. The number of hydrogen-bond donors (Lipinski definition) is 2. The molecule has 1 aliphatic carbocycles. The minimum atomic E-state index is -0.592. The van der Waals surface area contributed by atoms with Crippen LogP contribution in [-0.4, -0.2) is 27.2 Å². The molecule has 0 atom stereocenters. The standard InChI is InChI=1S/C12H14N4O3/c13-7-8-5-6-14-12(11(8)16(18)19)15-9-1-3-10(17)4-2-9/h5-6,9-10,17H,1-4H2,(H,14,15). The average molecular weight is 262 g/mol. The SMILES string of the molecule is N#Cc1ccnc(NC2CCC(O)CC2)c1[N+](=O)[O-]. The Bertz CT molecular complexity index is 518. The Hall–Kier alpha value is -2.20. The van der Waals surface area contributed by atoms with Gasteiger partial charge in [0.15, 0.2) is 0 Å². The van der Waals surface area contributed by atoms with E-state index in [9.17, 15) is 15.2 Å². The molecule has 0 amide bonds. The van der Waals surface area contributed by atoms with Gasteiger partial charge in [-0.15, -0.1) is 0 Å². The molecule has 0 saturated heterocycles. The van der Waals surface area contributed by atoms with Crippen LogP contribution in [0, 0.1) is 21.4 Å². The zero-order valence-electron chi connectivity index (χ0n) is 10.2. The first-order valence-corrected chi connectivity index (χ1v) is 6.10. The lowest BCUT2D eigenvalue weighted by Gasteiger charge is -2.26. The maximum atomic E-state index is 11.0. The van der Waals surface area contributed by atoms with E-state index in [1.165, 1.54) is 12.3 Å². The second-order valence-electron chi connectivity index (χ2n) is 4.57. The van der Waals surface area contributed by atoms with Crippen molar-refractivity contribution in [3.05, 3.63) is 27.9 Å². The molecule has 0 aromatic carbocycles. The third-order valence-electron chi connectivity index (χ3n) is 3.26. The number of anilines is 1. The number of nitriles is 1. The van der Waals surface area contributed by atoms with E-state index in [0.717, 1.165) is 12.8 Å². The first-order chi connectivity index (χ1) is 9.11. The molecule has 1 heterocycles. The third-order valence-corrected chi connectivity index (χ3v) is 3.26. The lowest BCUT2D eigenvalue weighted by molar-refractivity contribution is -0.384. The van der Waals surface area contributed by atoms with E-state index in [1.807, 2.05) is 0 Å². The average Bonchev–Trinajstić information content (AvgIpc) is 2.40. The number of aromatic nitrogens is 1. The Morgan fingerprint density at radius 1 is 1.47 bits per heavy atom. The van der Waals surface area contributed by atoms with E-state index >= 15 is 0 Å². The van der Waals surface area contributed by atoms with E-state index in [4.69, 9.17) is 5.26 Å². The fourth-order valence-electron chi connectivity index (χ4n) is 2.25. The number of nitrogens with one attached hydrogen (secondary N) is 1. The van der Waals surface area contributed by atoms with Crippen molar-refractivity contribution in [2.45, 2.75) is 37.8 Å². The van der Waals surface area contributed by atoms with Gasteiger partial charge in [0.05, 0.1) is 11.0 Å². The topological polar surface area (TPSA) is 112 Å². The second-order valence-corrected chi connectivity index (χ2v) is 4.57. The predicted octanol–water partition coefficient (Wildman–Crippen LogP) is 1.58. The summed E-state index contributed by atoms with van der Waals surface area (Å²) in [4.78, 5) is 14.4. The van der Waals surface area contributed by atoms with Crippen molar-refractivity contribution in [3.8, 4) is 6.07 Å². The van der Waals surface area contributed by atoms with Gasteiger partial charge in [-0.1, -0.05) is 0 Å². The van der Waals surface area contributed by atoms with Crippen LogP contribution in [0.2, 0.25) is 0 Å². The summed E-state index contributed by atoms with van der Waals surface area (Å²) < 4.78 is 0. The third kappa shape index (κ3) is 2.98. The van der Waals surface area contributed by atoms with Crippen molar-refractivity contribution >= 4 is 11.5 Å². The van der Waals surface area contributed by atoms with Crippen molar-refractivity contribution in [2.24, 2.45) is 0 Å². The molecule has 0 spiro atoms. The van der Waals surface area contributed by atoms with E-state index in [0.29, 0.717) is 12.8 Å². The molecule has 0 bridgehead atoms. The van der Waals surface area contributed by atoms with Gasteiger partial charge in [-0.2, -0.15) is 5.26 Å². The molecule has 1 fully saturated rings. The Labute approximate surface area is 110 Å². The maximum absolute atomic E-state index is 11.0. The number of pyridine rings is 1. The highest BCUT2D eigenvalue weighted by atomic mass is 16.6. The number of rotatable bonds is 3. The van der Waals surface area contributed by atoms with Crippen molar-refractivity contribution in [2.75, 3.05) is 5.32 Å². The highest BCUT2D eigenvalue weighted by molar-refractivity contribution is 5.64. The minimum absolute atomic E-state index is 0.00153. The summed E-state index contributed by atoms with van der Waals surface area (Å²) in [5.41, 5.74) is -0.283. The summed E-state index contributed by atoms with van der Waals surface area (Å²) >= 11 is 0. The monoisotopic (exact) mass is 262 g/mol. The lowest BCUT2D eigenvalue weighted by Crippen LogP contribution is -2.28. The fraction of sp³-hybridized carbons (Fsp3) is 0.500. The molecule has 0 aliphatic heterocycles. The van der Waals surface area contributed by atoms with Gasteiger partial charge in [-0.05, 0) is 31.7 Å². The van der Waals surface area contributed by atoms with Crippen LogP contribution in [0.3, 0.4) is 0 Å². The predicted molar refractivity (Wildman–Crippen MR) is 67.5 cm³/mol. The summed E-state index contributed by atoms with van der Waals surface area (Å²) in [6, 6.07) is 3.17. The minimum Gasteiger partial charge on any atom is -0.393 e. The van der Waals surface area contributed by atoms with Gasteiger partial charge in [0.1, 0.15) is 11.6 Å². The number of hydrogen-bond acceptors (Lipinski definition) is 6. The van der Waals surface area contributed by atoms with Gasteiger partial charge >= 0.3 is 5.69 Å². The number of nitrogens with zero attached hydrogens (tertiary/aromatic N) is 3. The summed E-state index contributed by atoms with van der Waals surface area (Å²) in [6.07, 6.45) is 3.90. The Morgan fingerprint density at radius 2 is 2.16 bits per heavy atom. The second kappa shape index (κ2) is 5.63. The zero-order chi connectivity index (χ0) is 13.8. The quantitative estimate of drug-likeness (QED) is 0.631. The van der Waals surface area contributed by atoms with Crippen molar-refractivity contribution in [1.29, 1.82) is 5.26 Å². The number of aliphatic hydroxyl groups is 1. The van der Waals surface area contributed by atoms with Gasteiger partial charge in [-0.3, -0.25) is 10.1 Å². The molecule has 0 radical (unpaired) electrons. The molecule has 1 aromatic heterocycles. The Balaban J connectivity index is 2.21. The lowest BCUT2D eigenvalue weighted by atomic mass is 9.93. The van der Waals surface area contributed by atoms with E-state index < -0.39 is 4.92 Å². The molecule has 1 aromatic rings. The molecule has 7 heteroatoms. The fourth-order valence-corrected chi connectivity index (χ4v) is 2.25. The molecule has 1 aliphatic rings. The molecule has 19 heavy (non-hydrogen) atoms. The highest BCUT2D eigenvalue weighted by Crippen LogP contribution is 2.29. The van der Waals surface area contributed by atoms with Gasteiger partial charge < -0.3 is 10.4 Å². The van der Waals surface area contributed by atoms with Crippen LogP contribution >= 0.6 is 0 Å². The largest absolute Gasteiger partial charge is 0.393 e. The molecule has 7 nitrogen and oxygen atoms in total. The van der Waals surface area contributed by atoms with Crippen LogP contribution in [0.15, 0.2) is 12.3 Å². The van der Waals surface area contributed by atoms with Crippen LogP contribution in [0.4, 0.5) is 11.5 Å². The molecule has 0 unspecified atom stereocenters. The van der Waals surface area contributed by atoms with E-state index in [-0.39, 0.29) is 29.2 Å². The summed E-state index contributed by atoms with van der Waals surface area (Å²) in [5.74, 6) is 0.130. The van der Waals surface area contributed by atoms with Crippen LogP contribution < -0.4 is 5.32 Å². The molecular weight excluding hydrogens is 248 g/mol. The van der Waals surface area contributed by atoms with E-state index in [1.54, 1.807) is 6.07 Å². The van der Waals surface area contributed by atoms with Crippen LogP contribution in [0.5, 0.6) is 0 Å². The Morgan fingerprint density at radius 3 is 2.74 bits per heavy atom. The molecule has 2 N–H and O–H groups in total. The van der Waals surface area contributed by atoms with Crippen molar-refractivity contribution in [1.82, 2.24) is 4.98 Å². The first kappa shape index (κ1) is 13.2. The first-order valence-electron chi connectivity index (χ1n) is 6.10. The summed E-state index contributed by atoms with van der Waals surface area (Å²) in [5, 5.41) is 32.4. The van der Waals surface area contributed by atoms with Gasteiger partial charge in [0.25, 0.3) is 0 Å². The van der Waals surface area contributed by atoms with Crippen LogP contribution in [0.25, 0.3) is 0 Å². The molecule has 100 valence electrons. The Kier molecular flexibility index (Phi) is 3.92. The van der Waals surface area contributed by atoms with Crippen LogP contribution in [-0.2, 0) is 0 Å². The van der Waals surface area contributed by atoms with Crippen molar-refractivity contribution < 1.29 is 10.0 Å². The maximum Gasteiger partial charge on any atom is 0.328 e. The smallest absolute Gasteiger partial charge is 0.328 e. The highest BCUT2D eigenvalue weighted by Gasteiger charge is 2.25. The van der Waals surface area contributed by atoms with Gasteiger partial charge in [0, 0.05) is 12.2 Å². The normalized spacial score (nSPS) is 22.5. The zero-order valence-corrected chi connectivity index (χ0v) is 10.2. The molecular formula is C12H14N4O3. The number of nitro groups is 1. The molecule has 2 rings (SSSR count). The summed E-state index contributed by atoms with van der Waals surface area (Å²) in [7, 11) is 0. The van der Waals surface area contributed by atoms with Crippen molar-refractivity contribution in [3.63, 3.8) is 0 Å². The van der Waals surface area contributed by atoms with Gasteiger partial charge in [0.2, 0.25) is 5.82 Å². The number of aliphatic hydroxyl groups excluding tert-OH is 1. The van der Waals surface area contributed by atoms with Gasteiger partial charge in [-0.25, -0.2) is 4.98 Å².